The van der Waals surface area contributed by atoms with E-state index in [1.807, 2.05) is 45.0 Å². The lowest BCUT2D eigenvalue weighted by Crippen LogP contribution is -2.52. The van der Waals surface area contributed by atoms with Crippen LogP contribution < -0.4 is 9.62 Å². The van der Waals surface area contributed by atoms with Crippen molar-refractivity contribution in [2.45, 2.75) is 52.6 Å². The maximum absolute atomic E-state index is 13.7. The van der Waals surface area contributed by atoms with Gasteiger partial charge in [-0.2, -0.15) is 0 Å². The smallest absolute Gasteiger partial charge is 0.244 e. The summed E-state index contributed by atoms with van der Waals surface area (Å²) in [7, 11) is -3.84. The van der Waals surface area contributed by atoms with Crippen molar-refractivity contribution in [2.75, 3.05) is 23.7 Å². The maximum atomic E-state index is 13.7. The fraction of sp³-hybridized carbons (Fsp3) is 0.440. The van der Waals surface area contributed by atoms with E-state index >= 15 is 0 Å². The summed E-state index contributed by atoms with van der Waals surface area (Å²) in [5.74, 6) is -0.759. The topological polar surface area (TPSA) is 86.8 Å². The molecule has 2 aromatic rings. The fourth-order valence-electron chi connectivity index (χ4n) is 3.65. The Labute approximate surface area is 218 Å². The fourth-order valence-corrected chi connectivity index (χ4v) is 4.78. The van der Waals surface area contributed by atoms with Crippen LogP contribution in [0.1, 0.15) is 44.2 Å². The number of sulfonamides is 1. The van der Waals surface area contributed by atoms with Crippen molar-refractivity contribution >= 4 is 50.7 Å². The Kier molecular flexibility index (Phi) is 10.9. The van der Waals surface area contributed by atoms with Gasteiger partial charge in [-0.1, -0.05) is 67.7 Å². The molecule has 2 rings (SSSR count). The molecule has 2 amide bonds. The third-order valence-electron chi connectivity index (χ3n) is 5.69. The number of anilines is 1. The number of halogens is 2. The second-order valence-corrected chi connectivity index (χ2v) is 11.1. The second-order valence-electron chi connectivity index (χ2n) is 8.38. The van der Waals surface area contributed by atoms with Crippen LogP contribution in [-0.2, 0) is 26.2 Å². The van der Waals surface area contributed by atoms with E-state index in [4.69, 9.17) is 23.2 Å². The molecule has 2 aromatic carbocycles. The molecule has 0 saturated carbocycles. The predicted octanol–water partition coefficient (Wildman–Crippen LogP) is 4.79. The number of nitrogens with zero attached hydrogens (tertiary/aromatic N) is 2. The molecule has 1 N–H and O–H groups in total. The molecule has 0 aromatic heterocycles. The van der Waals surface area contributed by atoms with E-state index in [1.165, 1.54) is 23.1 Å². The van der Waals surface area contributed by atoms with Gasteiger partial charge in [-0.25, -0.2) is 8.42 Å². The molecule has 0 fully saturated rings. The number of amides is 2. The molecule has 0 bridgehead atoms. The van der Waals surface area contributed by atoms with Gasteiger partial charge < -0.3 is 10.2 Å². The summed E-state index contributed by atoms with van der Waals surface area (Å²) < 4.78 is 26.3. The summed E-state index contributed by atoms with van der Waals surface area (Å²) in [6.07, 6.45) is 3.15. The molecular weight excluding hydrogens is 509 g/mol. The zero-order chi connectivity index (χ0) is 26.2. The van der Waals surface area contributed by atoms with Crippen molar-refractivity contribution < 1.29 is 18.0 Å². The van der Waals surface area contributed by atoms with Crippen molar-refractivity contribution in [3.05, 3.63) is 63.6 Å². The lowest BCUT2D eigenvalue weighted by molar-refractivity contribution is -0.140. The standard InChI is InChI=1S/C25H33Cl2N3O4S/c1-5-7-14-28-25(32)23(6-2)29(16-19-11-9-8-10-18(19)3)24(31)17-30(35(4,33)34)20-12-13-21(26)22(27)15-20/h8-13,15,23H,5-7,14,16-17H2,1-4H3,(H,28,32)/t23-/m0/s1. The summed E-state index contributed by atoms with van der Waals surface area (Å²) in [6.45, 7) is 5.98. The van der Waals surface area contributed by atoms with Crippen LogP contribution in [-0.4, -0.2) is 50.5 Å². The summed E-state index contributed by atoms with van der Waals surface area (Å²) in [5, 5.41) is 3.34. The van der Waals surface area contributed by atoms with Crippen LogP contribution in [0.4, 0.5) is 5.69 Å². The highest BCUT2D eigenvalue weighted by atomic mass is 35.5. The van der Waals surface area contributed by atoms with E-state index in [9.17, 15) is 18.0 Å². The van der Waals surface area contributed by atoms with Crippen molar-refractivity contribution in [1.82, 2.24) is 10.2 Å². The SMILES string of the molecule is CCCCNC(=O)[C@H](CC)N(Cc1ccccc1C)C(=O)CN(c1ccc(Cl)c(Cl)c1)S(C)(=O)=O. The first kappa shape index (κ1) is 28.9. The first-order valence-corrected chi connectivity index (χ1v) is 14.1. The molecule has 10 heteroatoms. The van der Waals surface area contributed by atoms with E-state index in [-0.39, 0.29) is 28.2 Å². The van der Waals surface area contributed by atoms with Crippen LogP contribution >= 0.6 is 23.2 Å². The molecule has 0 heterocycles. The van der Waals surface area contributed by atoms with Crippen molar-refractivity contribution in [1.29, 1.82) is 0 Å². The van der Waals surface area contributed by atoms with E-state index < -0.39 is 28.5 Å². The second kappa shape index (κ2) is 13.1. The van der Waals surface area contributed by atoms with Crippen molar-refractivity contribution in [3.63, 3.8) is 0 Å². The highest BCUT2D eigenvalue weighted by Crippen LogP contribution is 2.28. The maximum Gasteiger partial charge on any atom is 0.244 e. The average Bonchev–Trinajstić information content (AvgIpc) is 2.79. The Morgan fingerprint density at radius 2 is 1.74 bits per heavy atom. The number of aryl methyl sites for hydroxylation is 1. The molecular formula is C25H33Cl2N3O4S. The Hall–Kier alpha value is -2.29. The highest BCUT2D eigenvalue weighted by Gasteiger charge is 2.32. The minimum Gasteiger partial charge on any atom is -0.354 e. The zero-order valence-electron chi connectivity index (χ0n) is 20.6. The third kappa shape index (κ3) is 8.12. The van der Waals surface area contributed by atoms with Crippen LogP contribution in [0, 0.1) is 6.92 Å². The largest absolute Gasteiger partial charge is 0.354 e. The van der Waals surface area contributed by atoms with Crippen LogP contribution in [0.25, 0.3) is 0 Å². The number of benzene rings is 2. The Morgan fingerprint density at radius 3 is 2.31 bits per heavy atom. The molecule has 0 spiro atoms. The minimum absolute atomic E-state index is 0.170. The molecule has 7 nitrogen and oxygen atoms in total. The number of carbonyl (C=O) groups is 2. The van der Waals surface area contributed by atoms with Crippen molar-refractivity contribution in [3.8, 4) is 0 Å². The summed E-state index contributed by atoms with van der Waals surface area (Å²) >= 11 is 12.1. The van der Waals surface area contributed by atoms with Crippen molar-refractivity contribution in [2.24, 2.45) is 0 Å². The summed E-state index contributed by atoms with van der Waals surface area (Å²) in [6, 6.07) is 11.2. The number of rotatable bonds is 12. The lowest BCUT2D eigenvalue weighted by Gasteiger charge is -2.33. The molecule has 0 aliphatic heterocycles. The number of nitrogens with one attached hydrogen (secondary N) is 1. The molecule has 0 radical (unpaired) electrons. The van der Waals surface area contributed by atoms with E-state index in [0.717, 1.165) is 34.5 Å². The van der Waals surface area contributed by atoms with Crippen LogP contribution in [0.5, 0.6) is 0 Å². The van der Waals surface area contributed by atoms with Crippen LogP contribution in [0.15, 0.2) is 42.5 Å². The quantitative estimate of drug-likeness (QED) is 0.391. The van der Waals surface area contributed by atoms with Gasteiger partial charge >= 0.3 is 0 Å². The Bertz CT molecular complexity index is 1140. The average molecular weight is 543 g/mol. The number of carbonyl (C=O) groups excluding carboxylic acids is 2. The monoisotopic (exact) mass is 541 g/mol. The molecule has 192 valence electrons. The predicted molar refractivity (Wildman–Crippen MR) is 142 cm³/mol. The van der Waals surface area contributed by atoms with Gasteiger partial charge in [0, 0.05) is 13.1 Å². The van der Waals surface area contributed by atoms with Gasteiger partial charge in [0.15, 0.2) is 0 Å². The first-order valence-electron chi connectivity index (χ1n) is 11.5. The molecule has 0 aliphatic rings. The lowest BCUT2D eigenvalue weighted by atomic mass is 10.1. The van der Waals surface area contributed by atoms with E-state index in [0.29, 0.717) is 13.0 Å². The minimum atomic E-state index is -3.84. The van der Waals surface area contributed by atoms with E-state index in [1.54, 1.807) is 0 Å². The summed E-state index contributed by atoms with van der Waals surface area (Å²) in [4.78, 5) is 28.2. The van der Waals surface area contributed by atoms with Gasteiger partial charge in [-0.05, 0) is 49.1 Å². The molecule has 0 aliphatic carbocycles. The first-order chi connectivity index (χ1) is 16.5. The highest BCUT2D eigenvalue weighted by molar-refractivity contribution is 7.92. The van der Waals surface area contributed by atoms with Gasteiger partial charge in [0.1, 0.15) is 12.6 Å². The van der Waals surface area contributed by atoms with Gasteiger partial charge in [0.2, 0.25) is 21.8 Å². The Balaban J connectivity index is 2.43. The molecule has 1 atom stereocenters. The number of hydrogen-bond donors (Lipinski definition) is 1. The van der Waals surface area contributed by atoms with Gasteiger partial charge in [0.25, 0.3) is 0 Å². The van der Waals surface area contributed by atoms with Crippen LogP contribution in [0.3, 0.4) is 0 Å². The normalized spacial score (nSPS) is 12.2. The van der Waals surface area contributed by atoms with Crippen LogP contribution in [0.2, 0.25) is 10.0 Å². The molecule has 0 saturated heterocycles. The molecule has 0 unspecified atom stereocenters. The zero-order valence-corrected chi connectivity index (χ0v) is 22.9. The molecule has 35 heavy (non-hydrogen) atoms. The Morgan fingerprint density at radius 1 is 1.06 bits per heavy atom. The van der Waals surface area contributed by atoms with Gasteiger partial charge in [0.05, 0.1) is 22.0 Å². The number of hydrogen-bond acceptors (Lipinski definition) is 4. The van der Waals surface area contributed by atoms with Gasteiger partial charge in [-0.15, -0.1) is 0 Å². The van der Waals surface area contributed by atoms with Gasteiger partial charge in [-0.3, -0.25) is 13.9 Å². The van der Waals surface area contributed by atoms with E-state index in [2.05, 4.69) is 5.32 Å². The number of unbranched alkanes of at least 4 members (excludes halogenated alkanes) is 1. The summed E-state index contributed by atoms with van der Waals surface area (Å²) in [5.41, 5.74) is 2.06. The third-order valence-corrected chi connectivity index (χ3v) is 7.57.